The second-order valence-electron chi connectivity index (χ2n) is 7.69. The molecule has 27 heavy (non-hydrogen) atoms. The topological polar surface area (TPSA) is 105 Å². The van der Waals surface area contributed by atoms with Crippen molar-refractivity contribution in [1.82, 2.24) is 10.6 Å². The number of esters is 1. The first-order chi connectivity index (χ1) is 12.6. The molecule has 7 nitrogen and oxygen atoms in total. The van der Waals surface area contributed by atoms with Gasteiger partial charge in [-0.15, -0.1) is 0 Å². The third-order valence-corrected chi connectivity index (χ3v) is 4.05. The van der Waals surface area contributed by atoms with Crippen molar-refractivity contribution in [3.63, 3.8) is 0 Å². The van der Waals surface area contributed by atoms with Crippen LogP contribution in [-0.2, 0) is 25.5 Å². The number of carboxylic acids is 1. The van der Waals surface area contributed by atoms with Gasteiger partial charge in [0.25, 0.3) is 0 Å². The summed E-state index contributed by atoms with van der Waals surface area (Å²) < 4.78 is 4.78. The van der Waals surface area contributed by atoms with E-state index in [0.29, 0.717) is 6.54 Å². The van der Waals surface area contributed by atoms with Crippen molar-refractivity contribution in [2.75, 3.05) is 13.7 Å². The molecule has 1 rings (SSSR count). The van der Waals surface area contributed by atoms with Crippen LogP contribution in [0.4, 0.5) is 0 Å². The summed E-state index contributed by atoms with van der Waals surface area (Å²) in [6.45, 7) is 6.69. The van der Waals surface area contributed by atoms with Gasteiger partial charge in [-0.1, -0.05) is 51.1 Å². The number of amides is 1. The minimum absolute atomic E-state index is 0.0547. The van der Waals surface area contributed by atoms with Gasteiger partial charge in [0.1, 0.15) is 6.04 Å². The lowest BCUT2D eigenvalue weighted by Gasteiger charge is -2.23. The van der Waals surface area contributed by atoms with Crippen molar-refractivity contribution in [3.8, 4) is 0 Å². The van der Waals surface area contributed by atoms with Crippen LogP contribution in [0.15, 0.2) is 30.3 Å². The summed E-state index contributed by atoms with van der Waals surface area (Å²) in [5.74, 6) is -2.19. The van der Waals surface area contributed by atoms with Gasteiger partial charge in [-0.3, -0.25) is 9.59 Å². The Morgan fingerprint density at radius 3 is 2.26 bits per heavy atom. The maximum atomic E-state index is 12.6. The van der Waals surface area contributed by atoms with Crippen molar-refractivity contribution < 1.29 is 24.2 Å². The Bertz CT molecular complexity index is 625. The number of aliphatic carboxylic acids is 1. The van der Waals surface area contributed by atoms with E-state index < -0.39 is 29.9 Å². The maximum Gasteiger partial charge on any atom is 0.328 e. The maximum absolute atomic E-state index is 12.6. The van der Waals surface area contributed by atoms with E-state index >= 15 is 0 Å². The van der Waals surface area contributed by atoms with Crippen molar-refractivity contribution in [3.05, 3.63) is 35.9 Å². The largest absolute Gasteiger partial charge is 0.481 e. The number of ether oxygens (including phenoxy) is 1. The van der Waals surface area contributed by atoms with Gasteiger partial charge in [-0.2, -0.15) is 0 Å². The molecule has 0 aliphatic carbocycles. The number of carbonyl (C=O) groups is 3. The van der Waals surface area contributed by atoms with Crippen LogP contribution in [0.1, 0.15) is 39.2 Å². The molecule has 1 aromatic carbocycles. The van der Waals surface area contributed by atoms with Crippen LogP contribution in [-0.4, -0.2) is 48.7 Å². The van der Waals surface area contributed by atoms with E-state index in [-0.39, 0.29) is 18.3 Å². The van der Waals surface area contributed by atoms with Crippen LogP contribution in [0.3, 0.4) is 0 Å². The Kier molecular flexibility index (Phi) is 8.94. The summed E-state index contributed by atoms with van der Waals surface area (Å²) >= 11 is 0. The van der Waals surface area contributed by atoms with Crippen molar-refractivity contribution in [2.24, 2.45) is 5.41 Å². The monoisotopic (exact) mass is 378 g/mol. The highest BCUT2D eigenvalue weighted by atomic mass is 16.5. The van der Waals surface area contributed by atoms with Gasteiger partial charge in [0.15, 0.2) is 0 Å². The third-order valence-electron chi connectivity index (χ3n) is 4.05. The van der Waals surface area contributed by atoms with Crippen LogP contribution in [0.25, 0.3) is 0 Å². The SMILES string of the molecule is COC(=O)[C@@H](Cc1ccccc1)NC(=O)[C@H](CC(=O)O)NCCC(C)(C)C. The van der Waals surface area contributed by atoms with Gasteiger partial charge in [-0.05, 0) is 23.9 Å². The van der Waals surface area contributed by atoms with E-state index in [9.17, 15) is 14.4 Å². The van der Waals surface area contributed by atoms with Crippen LogP contribution in [0.2, 0.25) is 0 Å². The smallest absolute Gasteiger partial charge is 0.328 e. The molecule has 3 N–H and O–H groups in total. The number of hydrogen-bond acceptors (Lipinski definition) is 5. The number of methoxy groups -OCH3 is 1. The lowest BCUT2D eigenvalue weighted by molar-refractivity contribution is -0.145. The summed E-state index contributed by atoms with van der Waals surface area (Å²) in [6, 6.07) is 7.42. The van der Waals surface area contributed by atoms with Gasteiger partial charge < -0.3 is 20.5 Å². The molecular formula is C20H30N2O5. The first kappa shape index (κ1) is 22.6. The fourth-order valence-corrected chi connectivity index (χ4v) is 2.51. The van der Waals surface area contributed by atoms with Gasteiger partial charge in [-0.25, -0.2) is 4.79 Å². The molecule has 0 unspecified atom stereocenters. The zero-order chi connectivity index (χ0) is 20.4. The summed E-state index contributed by atoms with van der Waals surface area (Å²) in [6.07, 6.45) is 0.678. The van der Waals surface area contributed by atoms with E-state index in [4.69, 9.17) is 9.84 Å². The highest BCUT2D eigenvalue weighted by Gasteiger charge is 2.28. The van der Waals surface area contributed by atoms with Gasteiger partial charge >= 0.3 is 11.9 Å². The molecule has 0 saturated heterocycles. The fourth-order valence-electron chi connectivity index (χ4n) is 2.51. The summed E-state index contributed by atoms with van der Waals surface area (Å²) in [7, 11) is 1.25. The van der Waals surface area contributed by atoms with E-state index in [1.807, 2.05) is 30.3 Å². The van der Waals surface area contributed by atoms with E-state index in [2.05, 4.69) is 31.4 Å². The molecule has 7 heteroatoms. The molecule has 0 aliphatic heterocycles. The van der Waals surface area contributed by atoms with Crippen LogP contribution < -0.4 is 10.6 Å². The number of nitrogens with one attached hydrogen (secondary N) is 2. The molecule has 1 amide bonds. The highest BCUT2D eigenvalue weighted by Crippen LogP contribution is 2.17. The number of carbonyl (C=O) groups excluding carboxylic acids is 2. The Labute approximate surface area is 160 Å². The van der Waals surface area contributed by atoms with Crippen LogP contribution in [0.5, 0.6) is 0 Å². The minimum Gasteiger partial charge on any atom is -0.481 e. The molecule has 0 spiro atoms. The van der Waals surface area contributed by atoms with E-state index in [1.54, 1.807) is 0 Å². The van der Waals surface area contributed by atoms with E-state index in [0.717, 1.165) is 12.0 Å². The lowest BCUT2D eigenvalue weighted by atomic mass is 9.92. The molecule has 150 valence electrons. The third kappa shape index (κ3) is 9.19. The fraction of sp³-hybridized carbons (Fsp3) is 0.550. The van der Waals surface area contributed by atoms with Gasteiger partial charge in [0.05, 0.1) is 19.6 Å². The molecule has 0 heterocycles. The zero-order valence-corrected chi connectivity index (χ0v) is 16.5. The number of benzene rings is 1. The molecular weight excluding hydrogens is 348 g/mol. The second kappa shape index (κ2) is 10.7. The molecule has 0 aromatic heterocycles. The Balaban J connectivity index is 2.80. The Morgan fingerprint density at radius 2 is 1.74 bits per heavy atom. The summed E-state index contributed by atoms with van der Waals surface area (Å²) in [5, 5.41) is 14.7. The van der Waals surface area contributed by atoms with Crippen molar-refractivity contribution >= 4 is 17.8 Å². The predicted octanol–water partition coefficient (Wildman–Crippen LogP) is 1.76. The first-order valence-electron chi connectivity index (χ1n) is 8.99. The quantitative estimate of drug-likeness (QED) is 0.536. The van der Waals surface area contributed by atoms with E-state index in [1.165, 1.54) is 7.11 Å². The normalized spacial score (nSPS) is 13.5. The highest BCUT2D eigenvalue weighted by molar-refractivity contribution is 5.90. The number of carboxylic acid groups (broad SMARTS) is 1. The molecule has 0 aliphatic rings. The average Bonchev–Trinajstić information content (AvgIpc) is 2.59. The lowest BCUT2D eigenvalue weighted by Crippen LogP contribution is -2.52. The molecule has 1 aromatic rings. The molecule has 0 bridgehead atoms. The second-order valence-corrected chi connectivity index (χ2v) is 7.69. The minimum atomic E-state index is -1.09. The summed E-state index contributed by atoms with van der Waals surface area (Å²) in [5.41, 5.74) is 0.919. The van der Waals surface area contributed by atoms with Gasteiger partial charge in [0, 0.05) is 6.42 Å². The molecule has 0 saturated carbocycles. The Hall–Kier alpha value is -2.41. The van der Waals surface area contributed by atoms with Crippen molar-refractivity contribution in [2.45, 2.75) is 52.1 Å². The van der Waals surface area contributed by atoms with Crippen molar-refractivity contribution in [1.29, 1.82) is 0 Å². The van der Waals surface area contributed by atoms with Gasteiger partial charge in [0.2, 0.25) is 5.91 Å². The molecule has 0 fully saturated rings. The standard InChI is InChI=1S/C20H30N2O5/c1-20(2,3)10-11-21-15(13-17(23)24)18(25)22-16(19(26)27-4)12-14-8-6-5-7-9-14/h5-9,15-16,21H,10-13H2,1-4H3,(H,22,25)(H,23,24)/t15-,16+/m0/s1. The zero-order valence-electron chi connectivity index (χ0n) is 16.5. The first-order valence-corrected chi connectivity index (χ1v) is 8.99. The number of rotatable bonds is 10. The molecule has 2 atom stereocenters. The number of hydrogen-bond donors (Lipinski definition) is 3. The van der Waals surface area contributed by atoms with Crippen LogP contribution in [0, 0.1) is 5.41 Å². The molecule has 0 radical (unpaired) electrons. The Morgan fingerprint density at radius 1 is 1.11 bits per heavy atom. The van der Waals surface area contributed by atoms with Crippen LogP contribution >= 0.6 is 0 Å². The summed E-state index contributed by atoms with van der Waals surface area (Å²) in [4.78, 5) is 35.8. The predicted molar refractivity (Wildman–Crippen MR) is 102 cm³/mol. The average molecular weight is 378 g/mol.